The summed E-state index contributed by atoms with van der Waals surface area (Å²) in [6.45, 7) is 1.77. The second-order valence-corrected chi connectivity index (χ2v) is 6.30. The molecule has 1 fully saturated rings. The number of aliphatic hydroxyl groups is 1. The third-order valence-electron chi connectivity index (χ3n) is 4.81. The maximum absolute atomic E-state index is 10.0. The first kappa shape index (κ1) is 13.1. The van der Waals surface area contributed by atoms with E-state index in [4.69, 9.17) is 0 Å². The van der Waals surface area contributed by atoms with Crippen LogP contribution >= 0.6 is 0 Å². The fourth-order valence-electron chi connectivity index (χ4n) is 3.68. The van der Waals surface area contributed by atoms with Gasteiger partial charge < -0.3 is 10.4 Å². The molecule has 2 aliphatic rings. The lowest BCUT2D eigenvalue weighted by molar-refractivity contribution is 0.140. The van der Waals surface area contributed by atoms with E-state index in [0.717, 1.165) is 25.4 Å². The lowest BCUT2D eigenvalue weighted by atomic mass is 9.77. The van der Waals surface area contributed by atoms with E-state index in [-0.39, 0.29) is 6.10 Å². The summed E-state index contributed by atoms with van der Waals surface area (Å²) in [6, 6.07) is 8.70. The lowest BCUT2D eigenvalue weighted by Crippen LogP contribution is -2.34. The van der Waals surface area contributed by atoms with Gasteiger partial charge in [0.15, 0.2) is 0 Å². The van der Waals surface area contributed by atoms with E-state index >= 15 is 0 Å². The minimum Gasteiger partial charge on any atom is -0.392 e. The summed E-state index contributed by atoms with van der Waals surface area (Å²) in [5.74, 6) is 1.44. The molecule has 2 atom stereocenters. The van der Waals surface area contributed by atoms with Crippen molar-refractivity contribution in [2.24, 2.45) is 5.92 Å². The number of aliphatic hydroxyl groups excluding tert-OH is 1. The van der Waals surface area contributed by atoms with Crippen LogP contribution in [0.2, 0.25) is 0 Å². The molecule has 0 radical (unpaired) electrons. The van der Waals surface area contributed by atoms with Crippen LogP contribution in [0, 0.1) is 5.92 Å². The van der Waals surface area contributed by atoms with E-state index in [2.05, 4.69) is 29.6 Å². The number of benzene rings is 1. The minimum absolute atomic E-state index is 0.154. The van der Waals surface area contributed by atoms with Crippen molar-refractivity contribution in [3.63, 3.8) is 0 Å². The fourth-order valence-corrected chi connectivity index (χ4v) is 3.68. The topological polar surface area (TPSA) is 32.3 Å². The summed E-state index contributed by atoms with van der Waals surface area (Å²) in [7, 11) is 0. The molecular formula is C17H25NO. The first-order valence-corrected chi connectivity index (χ1v) is 7.79. The number of rotatable bonds is 6. The molecule has 2 aliphatic carbocycles. The van der Waals surface area contributed by atoms with Gasteiger partial charge in [0.05, 0.1) is 6.10 Å². The van der Waals surface area contributed by atoms with E-state index in [1.54, 1.807) is 0 Å². The van der Waals surface area contributed by atoms with Gasteiger partial charge in [-0.3, -0.25) is 0 Å². The molecule has 3 rings (SSSR count). The van der Waals surface area contributed by atoms with Gasteiger partial charge in [-0.1, -0.05) is 49.9 Å². The molecule has 19 heavy (non-hydrogen) atoms. The Balaban J connectivity index is 1.35. The smallest absolute Gasteiger partial charge is 0.0667 e. The molecule has 2 unspecified atom stereocenters. The molecule has 1 aromatic carbocycles. The summed E-state index contributed by atoms with van der Waals surface area (Å²) in [5.41, 5.74) is 3.00. The second-order valence-electron chi connectivity index (χ2n) is 6.30. The van der Waals surface area contributed by atoms with Gasteiger partial charge in [-0.2, -0.15) is 0 Å². The largest absolute Gasteiger partial charge is 0.392 e. The Labute approximate surface area is 116 Å². The van der Waals surface area contributed by atoms with E-state index in [0.29, 0.717) is 5.92 Å². The molecule has 0 amide bonds. The molecule has 0 saturated heterocycles. The fraction of sp³-hybridized carbons (Fsp3) is 0.647. The van der Waals surface area contributed by atoms with E-state index in [1.165, 1.54) is 43.2 Å². The molecule has 1 saturated carbocycles. The average Bonchev–Trinajstić information content (AvgIpc) is 2.87. The van der Waals surface area contributed by atoms with Crippen molar-refractivity contribution in [3.8, 4) is 0 Å². The number of hydrogen-bond acceptors (Lipinski definition) is 2. The van der Waals surface area contributed by atoms with Crippen LogP contribution < -0.4 is 5.32 Å². The van der Waals surface area contributed by atoms with E-state index < -0.39 is 0 Å². The molecule has 2 N–H and O–H groups in total. The van der Waals surface area contributed by atoms with Gasteiger partial charge in [0.2, 0.25) is 0 Å². The van der Waals surface area contributed by atoms with Crippen LogP contribution in [0.1, 0.15) is 49.1 Å². The Morgan fingerprint density at radius 1 is 1.21 bits per heavy atom. The van der Waals surface area contributed by atoms with Gasteiger partial charge in [0.25, 0.3) is 0 Å². The zero-order valence-corrected chi connectivity index (χ0v) is 11.6. The van der Waals surface area contributed by atoms with Crippen LogP contribution in [0.5, 0.6) is 0 Å². The normalized spacial score (nSPS) is 23.9. The van der Waals surface area contributed by atoms with Gasteiger partial charge >= 0.3 is 0 Å². The highest BCUT2D eigenvalue weighted by Gasteiger charge is 2.25. The van der Waals surface area contributed by atoms with Gasteiger partial charge in [-0.15, -0.1) is 0 Å². The van der Waals surface area contributed by atoms with Crippen molar-refractivity contribution in [3.05, 3.63) is 35.4 Å². The molecule has 1 aromatic rings. The summed E-state index contributed by atoms with van der Waals surface area (Å²) in [6.07, 6.45) is 7.42. The van der Waals surface area contributed by atoms with E-state index in [1.807, 2.05) is 0 Å². The first-order valence-electron chi connectivity index (χ1n) is 7.79. The molecule has 104 valence electrons. The monoisotopic (exact) mass is 259 g/mol. The molecular weight excluding hydrogens is 234 g/mol. The molecule has 0 aromatic heterocycles. The third-order valence-corrected chi connectivity index (χ3v) is 4.81. The molecule has 0 spiro atoms. The number of nitrogens with one attached hydrogen (secondary N) is 1. The quantitative estimate of drug-likeness (QED) is 0.823. The number of fused-ring (bicyclic) bond motifs is 1. The Morgan fingerprint density at radius 3 is 2.79 bits per heavy atom. The molecule has 0 heterocycles. The molecule has 2 nitrogen and oxygen atoms in total. The molecule has 0 bridgehead atoms. The highest BCUT2D eigenvalue weighted by molar-refractivity contribution is 5.40. The second kappa shape index (κ2) is 6.06. The predicted molar refractivity (Wildman–Crippen MR) is 78.3 cm³/mol. The van der Waals surface area contributed by atoms with Gasteiger partial charge in [-0.05, 0) is 29.9 Å². The highest BCUT2D eigenvalue weighted by atomic mass is 16.3. The van der Waals surface area contributed by atoms with Gasteiger partial charge in [0.1, 0.15) is 0 Å². The Morgan fingerprint density at radius 2 is 2.00 bits per heavy atom. The Hall–Kier alpha value is -0.860. The minimum atomic E-state index is -0.154. The van der Waals surface area contributed by atoms with Crippen molar-refractivity contribution < 1.29 is 5.11 Å². The average molecular weight is 259 g/mol. The molecule has 2 heteroatoms. The standard InChI is InChI=1S/C17H25NO/c19-16(9-13-5-1-2-6-13)12-18-11-15-10-14-7-3-4-8-17(14)15/h3-4,7-8,13,15-16,18-19H,1-2,5-6,9-12H2. The van der Waals surface area contributed by atoms with Crippen molar-refractivity contribution in [1.82, 2.24) is 5.32 Å². The van der Waals surface area contributed by atoms with Gasteiger partial charge in [0, 0.05) is 19.0 Å². The molecule has 0 aliphatic heterocycles. The van der Waals surface area contributed by atoms with Crippen LogP contribution in [0.25, 0.3) is 0 Å². The van der Waals surface area contributed by atoms with Crippen LogP contribution in [-0.4, -0.2) is 24.3 Å². The zero-order valence-electron chi connectivity index (χ0n) is 11.6. The predicted octanol–water partition coefficient (Wildman–Crippen LogP) is 2.86. The van der Waals surface area contributed by atoms with Crippen LogP contribution in [0.15, 0.2) is 24.3 Å². The van der Waals surface area contributed by atoms with Crippen molar-refractivity contribution in [2.45, 2.75) is 50.5 Å². The zero-order chi connectivity index (χ0) is 13.1. The summed E-state index contributed by atoms with van der Waals surface area (Å²) >= 11 is 0. The van der Waals surface area contributed by atoms with E-state index in [9.17, 15) is 5.11 Å². The maximum Gasteiger partial charge on any atom is 0.0667 e. The highest BCUT2D eigenvalue weighted by Crippen LogP contribution is 2.34. The van der Waals surface area contributed by atoms with Crippen molar-refractivity contribution in [2.75, 3.05) is 13.1 Å². The summed E-state index contributed by atoms with van der Waals surface area (Å²) in [4.78, 5) is 0. The number of hydrogen-bond donors (Lipinski definition) is 2. The van der Waals surface area contributed by atoms with Crippen molar-refractivity contribution in [1.29, 1.82) is 0 Å². The maximum atomic E-state index is 10.0. The first-order chi connectivity index (χ1) is 9.33. The van der Waals surface area contributed by atoms with Gasteiger partial charge in [-0.25, -0.2) is 0 Å². The Kier molecular flexibility index (Phi) is 4.19. The van der Waals surface area contributed by atoms with Crippen molar-refractivity contribution >= 4 is 0 Å². The lowest BCUT2D eigenvalue weighted by Gasteiger charge is -2.30. The Bertz CT molecular complexity index is 411. The third kappa shape index (κ3) is 3.18. The van der Waals surface area contributed by atoms with Crippen LogP contribution in [0.3, 0.4) is 0 Å². The summed E-state index contributed by atoms with van der Waals surface area (Å²) in [5, 5.41) is 13.5. The SMILES string of the molecule is OC(CNCC1Cc2ccccc21)CC1CCCC1. The summed E-state index contributed by atoms with van der Waals surface area (Å²) < 4.78 is 0. The van der Waals surface area contributed by atoms with Crippen LogP contribution in [0.4, 0.5) is 0 Å². The van der Waals surface area contributed by atoms with Crippen LogP contribution in [-0.2, 0) is 6.42 Å².